The third-order valence-corrected chi connectivity index (χ3v) is 3.09. The summed E-state index contributed by atoms with van der Waals surface area (Å²) in [5.41, 5.74) is 0.876. The molecule has 5 nitrogen and oxygen atoms in total. The van der Waals surface area contributed by atoms with Crippen molar-refractivity contribution < 1.29 is 12.9 Å². The number of aromatic nitrogens is 2. The number of pyridine rings is 1. The van der Waals surface area contributed by atoms with Gasteiger partial charge in [-0.3, -0.25) is 0 Å². The molecule has 0 spiro atoms. The van der Waals surface area contributed by atoms with Crippen molar-refractivity contribution in [3.63, 3.8) is 0 Å². The lowest BCUT2D eigenvalue weighted by atomic mass is 10.3. The van der Waals surface area contributed by atoms with Crippen molar-refractivity contribution in [2.75, 3.05) is 0 Å². The maximum absolute atomic E-state index is 11.0. The number of nitrogens with zero attached hydrogens (tertiary/aromatic N) is 2. The van der Waals surface area contributed by atoms with Gasteiger partial charge in [0, 0.05) is 10.7 Å². The summed E-state index contributed by atoms with van der Waals surface area (Å²) in [6, 6.07) is 1.39. The first-order valence-electron chi connectivity index (χ1n) is 3.65. The van der Waals surface area contributed by atoms with Gasteiger partial charge in [0.1, 0.15) is 4.90 Å². The normalized spacial score (nSPS) is 12.1. The molecule has 2 rings (SSSR count). The lowest BCUT2D eigenvalue weighted by Gasteiger charge is -1.93. The van der Waals surface area contributed by atoms with Crippen LogP contribution >= 0.6 is 10.7 Å². The quantitative estimate of drug-likeness (QED) is 0.696. The fraction of sp³-hybridized carbons (Fsp3) is 0.143. The van der Waals surface area contributed by atoms with E-state index in [1.807, 2.05) is 0 Å². The molecule has 0 radical (unpaired) electrons. The smallest absolute Gasteiger partial charge is 0.262 e. The largest absolute Gasteiger partial charge is 0.336 e. The van der Waals surface area contributed by atoms with Crippen molar-refractivity contribution in [1.29, 1.82) is 0 Å². The van der Waals surface area contributed by atoms with E-state index >= 15 is 0 Å². The highest BCUT2D eigenvalue weighted by atomic mass is 35.7. The second-order valence-electron chi connectivity index (χ2n) is 2.73. The summed E-state index contributed by atoms with van der Waals surface area (Å²) in [6.45, 7) is 1.69. The molecule has 0 bridgehead atoms. The van der Waals surface area contributed by atoms with Gasteiger partial charge in [-0.25, -0.2) is 13.4 Å². The van der Waals surface area contributed by atoms with Gasteiger partial charge in [-0.15, -0.1) is 0 Å². The minimum absolute atomic E-state index is 0.0574. The lowest BCUT2D eigenvalue weighted by molar-refractivity contribution is 0.442. The number of hydrogen-bond acceptors (Lipinski definition) is 5. The van der Waals surface area contributed by atoms with E-state index in [1.165, 1.54) is 6.07 Å². The predicted molar refractivity (Wildman–Crippen MR) is 49.6 cm³/mol. The molecule has 0 amide bonds. The van der Waals surface area contributed by atoms with E-state index in [-0.39, 0.29) is 4.90 Å². The summed E-state index contributed by atoms with van der Waals surface area (Å²) in [5, 5.41) is 4.19. The highest BCUT2D eigenvalue weighted by Crippen LogP contribution is 2.21. The van der Waals surface area contributed by atoms with Crippen LogP contribution in [-0.4, -0.2) is 18.6 Å². The van der Waals surface area contributed by atoms with Gasteiger partial charge in [0.25, 0.3) is 14.8 Å². The van der Waals surface area contributed by atoms with Crippen LogP contribution < -0.4 is 0 Å². The van der Waals surface area contributed by atoms with E-state index in [1.54, 1.807) is 6.92 Å². The SMILES string of the molecule is Cc1noc2ncc(S(=O)(=O)Cl)cc12. The molecule has 14 heavy (non-hydrogen) atoms. The molecule has 0 aliphatic carbocycles. The Bertz CT molecular complexity index is 590. The summed E-state index contributed by atoms with van der Waals surface area (Å²) in [5.74, 6) is 0. The number of hydrogen-bond donors (Lipinski definition) is 0. The van der Waals surface area contributed by atoms with Crippen LogP contribution in [-0.2, 0) is 9.05 Å². The first-order valence-corrected chi connectivity index (χ1v) is 5.96. The molecular weight excluding hydrogens is 228 g/mol. The van der Waals surface area contributed by atoms with Crippen LogP contribution in [0.2, 0.25) is 0 Å². The average molecular weight is 233 g/mol. The number of rotatable bonds is 1. The van der Waals surface area contributed by atoms with Gasteiger partial charge in [0.05, 0.1) is 17.3 Å². The first kappa shape index (κ1) is 9.42. The Balaban J connectivity index is 2.79. The number of halogens is 1. The number of aryl methyl sites for hydroxylation is 1. The molecular formula is C7H5ClN2O3S. The zero-order valence-electron chi connectivity index (χ0n) is 7.06. The monoisotopic (exact) mass is 232 g/mol. The summed E-state index contributed by atoms with van der Waals surface area (Å²) < 4.78 is 26.8. The molecule has 2 aromatic rings. The molecule has 0 aliphatic heterocycles. The maximum Gasteiger partial charge on any atom is 0.262 e. The van der Waals surface area contributed by atoms with Crippen LogP contribution in [0.1, 0.15) is 5.69 Å². The van der Waals surface area contributed by atoms with Crippen LogP contribution in [0, 0.1) is 6.92 Å². The van der Waals surface area contributed by atoms with E-state index < -0.39 is 9.05 Å². The van der Waals surface area contributed by atoms with E-state index in [2.05, 4.69) is 10.1 Å². The molecule has 74 valence electrons. The molecule has 0 aliphatic rings. The molecule has 0 atom stereocenters. The molecule has 0 unspecified atom stereocenters. The Labute approximate surface area is 84.1 Å². The highest BCUT2D eigenvalue weighted by molar-refractivity contribution is 8.13. The predicted octanol–water partition coefficient (Wildman–Crippen LogP) is 1.46. The van der Waals surface area contributed by atoms with Crippen LogP contribution in [0.25, 0.3) is 11.1 Å². The topological polar surface area (TPSA) is 73.1 Å². The fourth-order valence-corrected chi connectivity index (χ4v) is 1.75. The lowest BCUT2D eigenvalue weighted by Crippen LogP contribution is -1.91. The fourth-order valence-electron chi connectivity index (χ4n) is 1.06. The molecule has 2 aromatic heterocycles. The molecule has 0 saturated carbocycles. The Morgan fingerprint density at radius 3 is 2.86 bits per heavy atom. The van der Waals surface area contributed by atoms with Crippen molar-refractivity contribution in [2.45, 2.75) is 11.8 Å². The van der Waals surface area contributed by atoms with Gasteiger partial charge in [0.2, 0.25) is 0 Å². The van der Waals surface area contributed by atoms with Gasteiger partial charge in [-0.05, 0) is 13.0 Å². The van der Waals surface area contributed by atoms with Crippen LogP contribution in [0.5, 0.6) is 0 Å². The Morgan fingerprint density at radius 1 is 1.50 bits per heavy atom. The maximum atomic E-state index is 11.0. The van der Waals surface area contributed by atoms with Crippen molar-refractivity contribution in [2.24, 2.45) is 0 Å². The van der Waals surface area contributed by atoms with Gasteiger partial charge in [-0.2, -0.15) is 0 Å². The number of fused-ring (bicyclic) bond motifs is 1. The molecule has 7 heteroatoms. The van der Waals surface area contributed by atoms with Gasteiger partial charge in [-0.1, -0.05) is 5.16 Å². The summed E-state index contributed by atoms with van der Waals surface area (Å²) in [4.78, 5) is 3.72. The Hall–Kier alpha value is -1.14. The minimum Gasteiger partial charge on any atom is -0.336 e. The molecule has 0 fully saturated rings. The van der Waals surface area contributed by atoms with E-state index in [0.717, 1.165) is 6.20 Å². The summed E-state index contributed by atoms with van der Waals surface area (Å²) in [7, 11) is 1.41. The van der Waals surface area contributed by atoms with Crippen LogP contribution in [0.15, 0.2) is 21.7 Å². The average Bonchev–Trinajstić information content (AvgIpc) is 2.46. The van der Waals surface area contributed by atoms with Crippen molar-refractivity contribution >= 4 is 30.8 Å². The minimum atomic E-state index is -3.75. The molecule has 0 aromatic carbocycles. The van der Waals surface area contributed by atoms with Crippen LogP contribution in [0.4, 0.5) is 0 Å². The Morgan fingerprint density at radius 2 is 2.21 bits per heavy atom. The molecule has 2 heterocycles. The van der Waals surface area contributed by atoms with Gasteiger partial charge >= 0.3 is 0 Å². The first-order chi connectivity index (χ1) is 6.48. The second kappa shape index (κ2) is 2.93. The van der Waals surface area contributed by atoms with E-state index in [4.69, 9.17) is 15.2 Å². The zero-order valence-corrected chi connectivity index (χ0v) is 8.63. The van der Waals surface area contributed by atoms with Gasteiger partial charge < -0.3 is 4.52 Å². The van der Waals surface area contributed by atoms with Crippen molar-refractivity contribution in [1.82, 2.24) is 10.1 Å². The Kier molecular flexibility index (Phi) is 1.97. The summed E-state index contributed by atoms with van der Waals surface area (Å²) in [6.07, 6.45) is 1.13. The van der Waals surface area contributed by atoms with Crippen LogP contribution in [0.3, 0.4) is 0 Å². The van der Waals surface area contributed by atoms with E-state index in [9.17, 15) is 8.42 Å². The standard InChI is InChI=1S/C7H5ClN2O3S/c1-4-6-2-5(14(8,11)12)3-9-7(6)13-10-4/h2-3H,1H3. The molecule has 0 N–H and O–H groups in total. The zero-order chi connectivity index (χ0) is 10.3. The molecule has 0 saturated heterocycles. The van der Waals surface area contributed by atoms with E-state index in [0.29, 0.717) is 16.8 Å². The summed E-state index contributed by atoms with van der Waals surface area (Å²) >= 11 is 0. The third kappa shape index (κ3) is 1.46. The second-order valence-corrected chi connectivity index (χ2v) is 5.30. The third-order valence-electron chi connectivity index (χ3n) is 1.77. The van der Waals surface area contributed by atoms with Crippen molar-refractivity contribution in [3.8, 4) is 0 Å². The van der Waals surface area contributed by atoms with Crippen molar-refractivity contribution in [3.05, 3.63) is 18.0 Å². The van der Waals surface area contributed by atoms with Gasteiger partial charge in [0.15, 0.2) is 0 Å². The highest BCUT2D eigenvalue weighted by Gasteiger charge is 2.14.